The topological polar surface area (TPSA) is 35.2 Å². The van der Waals surface area contributed by atoms with E-state index >= 15 is 0 Å². The van der Waals surface area contributed by atoms with Crippen molar-refractivity contribution in [2.75, 3.05) is 0 Å². The summed E-state index contributed by atoms with van der Waals surface area (Å²) in [5.74, 6) is -0.807. The monoisotopic (exact) mass is 363 g/mol. The molecule has 2 rings (SSSR count). The summed E-state index contributed by atoms with van der Waals surface area (Å²) in [5.41, 5.74) is 4.76. The normalized spacial score (nSPS) is 11.5. The molecule has 0 aliphatic rings. The Labute approximate surface area is 126 Å². The van der Waals surface area contributed by atoms with Crippen molar-refractivity contribution >= 4 is 15.9 Å². The number of hydrogen-bond acceptors (Lipinski definition) is 2. The number of benzene rings is 2. The van der Waals surface area contributed by atoms with Gasteiger partial charge in [0.2, 0.25) is 0 Å². The lowest BCUT2D eigenvalue weighted by molar-refractivity contribution is -0.138. The second-order valence-electron chi connectivity index (χ2n) is 4.21. The van der Waals surface area contributed by atoms with E-state index in [1.807, 2.05) is 0 Å². The second kappa shape index (κ2) is 6.03. The Hall–Kier alpha value is -1.60. The summed E-state index contributed by atoms with van der Waals surface area (Å²) in [4.78, 5) is 0. The Morgan fingerprint density at radius 1 is 1.05 bits per heavy atom. The van der Waals surface area contributed by atoms with Gasteiger partial charge in [0.15, 0.2) is 0 Å². The molecule has 2 N–H and O–H groups in total. The standard InChI is InChI=1S/C14H10BrF4NO/c15-11-6-9(16)2-4-13(11)21-12-3-1-8(7-20)5-10(12)14(17,18)19/h1-6H,7,20H2. The van der Waals surface area contributed by atoms with Gasteiger partial charge in [0.05, 0.1) is 10.0 Å². The van der Waals surface area contributed by atoms with E-state index in [0.717, 1.165) is 18.2 Å². The van der Waals surface area contributed by atoms with E-state index in [1.165, 1.54) is 18.2 Å². The van der Waals surface area contributed by atoms with Crippen LogP contribution in [-0.2, 0) is 12.7 Å². The van der Waals surface area contributed by atoms with Crippen molar-refractivity contribution in [2.24, 2.45) is 5.73 Å². The smallest absolute Gasteiger partial charge is 0.419 e. The maximum absolute atomic E-state index is 13.0. The molecule has 0 aliphatic heterocycles. The van der Waals surface area contributed by atoms with Crippen molar-refractivity contribution in [1.82, 2.24) is 0 Å². The Morgan fingerprint density at radius 2 is 1.71 bits per heavy atom. The fraction of sp³-hybridized carbons (Fsp3) is 0.143. The Balaban J connectivity index is 2.44. The second-order valence-corrected chi connectivity index (χ2v) is 5.06. The van der Waals surface area contributed by atoms with E-state index in [-0.39, 0.29) is 22.5 Å². The van der Waals surface area contributed by atoms with Gasteiger partial charge in [-0.05, 0) is 51.8 Å². The van der Waals surface area contributed by atoms with Gasteiger partial charge in [-0.25, -0.2) is 4.39 Å². The van der Waals surface area contributed by atoms with Crippen molar-refractivity contribution in [3.05, 3.63) is 57.8 Å². The molecule has 112 valence electrons. The Bertz CT molecular complexity index is 658. The molecule has 0 bridgehead atoms. The number of ether oxygens (including phenoxy) is 1. The molecular formula is C14H10BrF4NO. The minimum Gasteiger partial charge on any atom is -0.456 e. The summed E-state index contributed by atoms with van der Waals surface area (Å²) >= 11 is 3.04. The molecule has 0 amide bonds. The molecule has 7 heteroatoms. The first-order valence-electron chi connectivity index (χ1n) is 5.84. The van der Waals surface area contributed by atoms with Crippen molar-refractivity contribution in [3.63, 3.8) is 0 Å². The molecule has 0 radical (unpaired) electrons. The average molecular weight is 364 g/mol. The van der Waals surface area contributed by atoms with Gasteiger partial charge in [0.1, 0.15) is 17.3 Å². The molecule has 0 aromatic heterocycles. The van der Waals surface area contributed by atoms with E-state index in [1.54, 1.807) is 0 Å². The highest BCUT2D eigenvalue weighted by Gasteiger charge is 2.35. The van der Waals surface area contributed by atoms with Gasteiger partial charge in [-0.1, -0.05) is 6.07 Å². The highest BCUT2D eigenvalue weighted by molar-refractivity contribution is 9.10. The van der Waals surface area contributed by atoms with Crippen LogP contribution in [-0.4, -0.2) is 0 Å². The maximum Gasteiger partial charge on any atom is 0.419 e. The first-order chi connectivity index (χ1) is 9.81. The summed E-state index contributed by atoms with van der Waals surface area (Å²) in [6.45, 7) is -0.0103. The van der Waals surface area contributed by atoms with Gasteiger partial charge < -0.3 is 10.5 Å². The fourth-order valence-electron chi connectivity index (χ4n) is 1.69. The summed E-state index contributed by atoms with van der Waals surface area (Å²) < 4.78 is 57.6. The van der Waals surface area contributed by atoms with E-state index in [9.17, 15) is 17.6 Å². The lowest BCUT2D eigenvalue weighted by atomic mass is 10.1. The molecule has 0 atom stereocenters. The SMILES string of the molecule is NCc1ccc(Oc2ccc(F)cc2Br)c(C(F)(F)F)c1. The Kier molecular flexibility index (Phi) is 4.53. The summed E-state index contributed by atoms with van der Waals surface area (Å²) in [7, 11) is 0. The van der Waals surface area contributed by atoms with Crippen LogP contribution >= 0.6 is 15.9 Å². The van der Waals surface area contributed by atoms with Crippen LogP contribution in [0.25, 0.3) is 0 Å². The van der Waals surface area contributed by atoms with Crippen LogP contribution in [0.5, 0.6) is 11.5 Å². The lowest BCUT2D eigenvalue weighted by Crippen LogP contribution is -2.09. The minimum atomic E-state index is -4.58. The van der Waals surface area contributed by atoms with Crippen molar-refractivity contribution in [2.45, 2.75) is 12.7 Å². The van der Waals surface area contributed by atoms with Crippen LogP contribution < -0.4 is 10.5 Å². The highest BCUT2D eigenvalue weighted by atomic mass is 79.9. The third-order valence-electron chi connectivity index (χ3n) is 2.70. The summed E-state index contributed by atoms with van der Waals surface area (Å²) in [5, 5.41) is 0. The largest absolute Gasteiger partial charge is 0.456 e. The van der Waals surface area contributed by atoms with Gasteiger partial charge >= 0.3 is 6.18 Å². The summed E-state index contributed by atoms with van der Waals surface area (Å²) in [6, 6.07) is 7.03. The lowest BCUT2D eigenvalue weighted by Gasteiger charge is -2.15. The van der Waals surface area contributed by atoms with E-state index in [2.05, 4.69) is 15.9 Å². The van der Waals surface area contributed by atoms with Gasteiger partial charge in [-0.3, -0.25) is 0 Å². The van der Waals surface area contributed by atoms with Gasteiger partial charge in [0.25, 0.3) is 0 Å². The molecular weight excluding hydrogens is 354 g/mol. The molecule has 0 heterocycles. The third-order valence-corrected chi connectivity index (χ3v) is 3.32. The van der Waals surface area contributed by atoms with Gasteiger partial charge in [-0.15, -0.1) is 0 Å². The van der Waals surface area contributed by atoms with Crippen LogP contribution in [0.15, 0.2) is 40.9 Å². The zero-order chi connectivity index (χ0) is 15.6. The zero-order valence-corrected chi connectivity index (χ0v) is 12.1. The highest BCUT2D eigenvalue weighted by Crippen LogP contribution is 2.40. The predicted molar refractivity (Wildman–Crippen MR) is 73.5 cm³/mol. The zero-order valence-electron chi connectivity index (χ0n) is 10.5. The van der Waals surface area contributed by atoms with Crippen molar-refractivity contribution < 1.29 is 22.3 Å². The fourth-order valence-corrected chi connectivity index (χ4v) is 2.12. The molecule has 0 spiro atoms. The van der Waals surface area contributed by atoms with Crippen molar-refractivity contribution in [3.8, 4) is 11.5 Å². The van der Waals surface area contributed by atoms with Gasteiger partial charge in [-0.2, -0.15) is 13.2 Å². The van der Waals surface area contributed by atoms with E-state index in [0.29, 0.717) is 5.56 Å². The Morgan fingerprint density at radius 3 is 2.29 bits per heavy atom. The number of nitrogens with two attached hydrogens (primary N) is 1. The molecule has 0 unspecified atom stereocenters. The van der Waals surface area contributed by atoms with Gasteiger partial charge in [0, 0.05) is 6.54 Å². The molecule has 0 aliphatic carbocycles. The first-order valence-corrected chi connectivity index (χ1v) is 6.63. The predicted octanol–water partition coefficient (Wildman–Crippen LogP) is 4.86. The molecule has 0 saturated heterocycles. The minimum absolute atomic E-state index is 0.0103. The molecule has 21 heavy (non-hydrogen) atoms. The summed E-state index contributed by atoms with van der Waals surface area (Å²) in [6.07, 6.45) is -4.58. The average Bonchev–Trinajstić information content (AvgIpc) is 2.41. The van der Waals surface area contributed by atoms with Crippen molar-refractivity contribution in [1.29, 1.82) is 0 Å². The molecule has 2 aromatic rings. The van der Waals surface area contributed by atoms with Crippen LogP contribution in [0.4, 0.5) is 17.6 Å². The number of rotatable bonds is 3. The molecule has 2 nitrogen and oxygen atoms in total. The third kappa shape index (κ3) is 3.74. The van der Waals surface area contributed by atoms with Crippen LogP contribution in [0.3, 0.4) is 0 Å². The molecule has 2 aromatic carbocycles. The van der Waals surface area contributed by atoms with E-state index in [4.69, 9.17) is 10.5 Å². The number of halogens is 5. The van der Waals surface area contributed by atoms with E-state index < -0.39 is 17.6 Å². The van der Waals surface area contributed by atoms with Crippen LogP contribution in [0.1, 0.15) is 11.1 Å². The number of alkyl halides is 3. The van der Waals surface area contributed by atoms with Crippen LogP contribution in [0.2, 0.25) is 0 Å². The molecule has 0 saturated carbocycles. The maximum atomic E-state index is 13.0. The number of hydrogen-bond donors (Lipinski definition) is 1. The molecule has 0 fully saturated rings. The first kappa shape index (κ1) is 15.8. The van der Waals surface area contributed by atoms with Crippen LogP contribution in [0, 0.1) is 5.82 Å². The quantitative estimate of drug-likeness (QED) is 0.790.